The van der Waals surface area contributed by atoms with E-state index in [2.05, 4.69) is 62.6 Å². The molecule has 2 aromatic carbocycles. The summed E-state index contributed by atoms with van der Waals surface area (Å²) in [4.78, 5) is 18.1. The second-order valence-electron chi connectivity index (χ2n) is 9.32. The van der Waals surface area contributed by atoms with Crippen LogP contribution in [0.25, 0.3) is 10.9 Å². The molecular weight excluding hydrogens is 382 g/mol. The number of rotatable bonds is 5. The molecule has 2 N–H and O–H groups in total. The molecule has 3 aromatic rings. The average Bonchev–Trinajstić information content (AvgIpc) is 2.76. The molecule has 0 bridgehead atoms. The molecule has 4 nitrogen and oxygen atoms in total. The third-order valence-corrected chi connectivity index (χ3v) is 6.83. The molecule has 1 heterocycles. The Hall–Kier alpha value is -2.88. The highest BCUT2D eigenvalue weighted by molar-refractivity contribution is 6.07. The summed E-state index contributed by atoms with van der Waals surface area (Å²) in [5, 5.41) is 7.60. The topological polar surface area (TPSA) is 54.0 Å². The van der Waals surface area contributed by atoms with Gasteiger partial charge in [-0.2, -0.15) is 0 Å². The molecule has 4 rings (SSSR count). The van der Waals surface area contributed by atoms with Crippen LogP contribution in [0.15, 0.2) is 54.6 Å². The van der Waals surface area contributed by atoms with Crippen LogP contribution >= 0.6 is 0 Å². The molecule has 3 atom stereocenters. The molecule has 0 spiro atoms. The maximum absolute atomic E-state index is 13.3. The van der Waals surface area contributed by atoms with Crippen LogP contribution in [0.4, 0.5) is 11.5 Å². The van der Waals surface area contributed by atoms with Crippen LogP contribution in [0, 0.1) is 11.8 Å². The lowest BCUT2D eigenvalue weighted by Crippen LogP contribution is -2.43. The van der Waals surface area contributed by atoms with Gasteiger partial charge in [0.2, 0.25) is 0 Å². The van der Waals surface area contributed by atoms with Gasteiger partial charge >= 0.3 is 0 Å². The Morgan fingerprint density at radius 3 is 2.52 bits per heavy atom. The zero-order valence-electron chi connectivity index (χ0n) is 19.0. The highest BCUT2D eigenvalue weighted by Gasteiger charge is 2.29. The Labute approximate surface area is 185 Å². The predicted octanol–water partition coefficient (Wildman–Crippen LogP) is 6.66. The SMILES string of the molecule is CC(C)c1ccc(Nc2cc(C(=O)N[C@@H]3CCC[C@@H](C)[C@@H]3C)c3ccccc3n2)cc1. The molecule has 1 fully saturated rings. The van der Waals surface area contributed by atoms with E-state index in [-0.39, 0.29) is 11.9 Å². The fourth-order valence-electron chi connectivity index (χ4n) is 4.56. The van der Waals surface area contributed by atoms with E-state index in [4.69, 9.17) is 4.98 Å². The summed E-state index contributed by atoms with van der Waals surface area (Å²) in [6.07, 6.45) is 3.47. The maximum Gasteiger partial charge on any atom is 0.252 e. The molecule has 0 saturated heterocycles. The standard InChI is InChI=1S/C27H33N3O/c1-17(2)20-12-14-21(15-13-20)28-26-16-23(22-9-5-6-10-25(22)29-26)27(31)30-24-11-7-8-18(3)19(24)4/h5-6,9-10,12-19,24H,7-8,11H2,1-4H3,(H,28,29)(H,30,31)/t18-,19+,24-/m1/s1. The smallest absolute Gasteiger partial charge is 0.252 e. The van der Waals surface area contributed by atoms with Crippen LogP contribution < -0.4 is 10.6 Å². The van der Waals surface area contributed by atoms with Crippen molar-refractivity contribution in [3.8, 4) is 0 Å². The molecule has 4 heteroatoms. The van der Waals surface area contributed by atoms with Gasteiger partial charge in [-0.15, -0.1) is 0 Å². The quantitative estimate of drug-likeness (QED) is 0.490. The van der Waals surface area contributed by atoms with Crippen molar-refractivity contribution < 1.29 is 4.79 Å². The summed E-state index contributed by atoms with van der Waals surface area (Å²) in [6.45, 7) is 8.92. The van der Waals surface area contributed by atoms with Crippen LogP contribution in [0.5, 0.6) is 0 Å². The van der Waals surface area contributed by atoms with Gasteiger partial charge in [-0.05, 0) is 54.0 Å². The predicted molar refractivity (Wildman–Crippen MR) is 129 cm³/mol. The van der Waals surface area contributed by atoms with Crippen LogP contribution in [0.2, 0.25) is 0 Å². The number of pyridine rings is 1. The van der Waals surface area contributed by atoms with Gasteiger partial charge in [0, 0.05) is 17.1 Å². The lowest BCUT2D eigenvalue weighted by molar-refractivity contribution is 0.0892. The summed E-state index contributed by atoms with van der Waals surface area (Å²) < 4.78 is 0. The molecule has 162 valence electrons. The van der Waals surface area contributed by atoms with E-state index >= 15 is 0 Å². The van der Waals surface area contributed by atoms with Crippen LogP contribution in [0.1, 0.15) is 68.8 Å². The van der Waals surface area contributed by atoms with Crippen molar-refractivity contribution in [2.24, 2.45) is 11.8 Å². The van der Waals surface area contributed by atoms with E-state index in [9.17, 15) is 4.79 Å². The number of fused-ring (bicyclic) bond motifs is 1. The van der Waals surface area contributed by atoms with Crippen molar-refractivity contribution in [3.05, 3.63) is 65.7 Å². The van der Waals surface area contributed by atoms with Gasteiger partial charge < -0.3 is 10.6 Å². The van der Waals surface area contributed by atoms with Gasteiger partial charge in [0.05, 0.1) is 11.1 Å². The summed E-state index contributed by atoms with van der Waals surface area (Å²) in [5.41, 5.74) is 3.76. The molecular formula is C27H33N3O. The van der Waals surface area contributed by atoms with E-state index in [1.54, 1.807) is 0 Å². The second kappa shape index (κ2) is 9.09. The fraction of sp³-hybridized carbons (Fsp3) is 0.407. The first-order valence-electron chi connectivity index (χ1n) is 11.5. The molecule has 1 aliphatic rings. The minimum Gasteiger partial charge on any atom is -0.349 e. The number of anilines is 2. The molecule has 1 amide bonds. The van der Waals surface area contributed by atoms with Crippen molar-refractivity contribution in [1.82, 2.24) is 10.3 Å². The van der Waals surface area contributed by atoms with E-state index in [0.29, 0.717) is 29.1 Å². The van der Waals surface area contributed by atoms with Crippen LogP contribution in [0.3, 0.4) is 0 Å². The molecule has 0 aliphatic heterocycles. The highest BCUT2D eigenvalue weighted by Crippen LogP contribution is 2.30. The third kappa shape index (κ3) is 4.73. The highest BCUT2D eigenvalue weighted by atomic mass is 16.1. The van der Waals surface area contributed by atoms with Gasteiger partial charge in [-0.25, -0.2) is 4.98 Å². The zero-order chi connectivity index (χ0) is 22.0. The molecule has 31 heavy (non-hydrogen) atoms. The van der Waals surface area contributed by atoms with Crippen molar-refractivity contribution in [2.45, 2.75) is 58.9 Å². The largest absolute Gasteiger partial charge is 0.349 e. The fourth-order valence-corrected chi connectivity index (χ4v) is 4.56. The monoisotopic (exact) mass is 415 g/mol. The number of carbonyl (C=O) groups is 1. The van der Waals surface area contributed by atoms with Crippen LogP contribution in [-0.4, -0.2) is 16.9 Å². The normalized spacial score (nSPS) is 21.3. The number of amides is 1. The number of nitrogens with zero attached hydrogens (tertiary/aromatic N) is 1. The molecule has 0 unspecified atom stereocenters. The first kappa shape index (κ1) is 21.4. The minimum atomic E-state index is -0.0113. The van der Waals surface area contributed by atoms with Gasteiger partial charge in [0.25, 0.3) is 5.91 Å². The van der Waals surface area contributed by atoms with Gasteiger partial charge in [0.15, 0.2) is 0 Å². The molecule has 1 saturated carbocycles. The lowest BCUT2D eigenvalue weighted by Gasteiger charge is -2.34. The molecule has 1 aliphatic carbocycles. The second-order valence-corrected chi connectivity index (χ2v) is 9.32. The van der Waals surface area contributed by atoms with Crippen molar-refractivity contribution in [2.75, 3.05) is 5.32 Å². The number of para-hydroxylation sites is 1. The number of nitrogens with one attached hydrogen (secondary N) is 2. The van der Waals surface area contributed by atoms with Crippen molar-refractivity contribution in [3.63, 3.8) is 0 Å². The molecule has 1 aromatic heterocycles. The van der Waals surface area contributed by atoms with E-state index in [0.717, 1.165) is 23.0 Å². The Morgan fingerprint density at radius 1 is 1.03 bits per heavy atom. The van der Waals surface area contributed by atoms with Gasteiger partial charge in [-0.1, -0.05) is 70.9 Å². The van der Waals surface area contributed by atoms with Gasteiger partial charge in [0.1, 0.15) is 5.82 Å². The maximum atomic E-state index is 13.3. The number of benzene rings is 2. The Bertz CT molecular complexity index is 1060. The zero-order valence-corrected chi connectivity index (χ0v) is 19.0. The van der Waals surface area contributed by atoms with Gasteiger partial charge in [-0.3, -0.25) is 4.79 Å². The van der Waals surface area contributed by atoms with E-state index in [1.165, 1.54) is 18.4 Å². The Kier molecular flexibility index (Phi) is 6.26. The summed E-state index contributed by atoms with van der Waals surface area (Å²) in [5.74, 6) is 2.30. The Balaban J connectivity index is 1.62. The number of hydrogen-bond donors (Lipinski definition) is 2. The number of hydrogen-bond acceptors (Lipinski definition) is 3. The number of aromatic nitrogens is 1. The molecule has 0 radical (unpaired) electrons. The summed E-state index contributed by atoms with van der Waals surface area (Å²) in [7, 11) is 0. The summed E-state index contributed by atoms with van der Waals surface area (Å²) in [6, 6.07) is 18.4. The minimum absolute atomic E-state index is 0.0113. The van der Waals surface area contributed by atoms with E-state index < -0.39 is 0 Å². The number of carbonyl (C=O) groups excluding carboxylic acids is 1. The average molecular weight is 416 g/mol. The van der Waals surface area contributed by atoms with E-state index in [1.807, 2.05) is 30.3 Å². The first-order valence-corrected chi connectivity index (χ1v) is 11.5. The summed E-state index contributed by atoms with van der Waals surface area (Å²) >= 11 is 0. The van der Waals surface area contributed by atoms with Crippen molar-refractivity contribution in [1.29, 1.82) is 0 Å². The van der Waals surface area contributed by atoms with Crippen LogP contribution in [-0.2, 0) is 0 Å². The lowest BCUT2D eigenvalue weighted by atomic mass is 9.78. The third-order valence-electron chi connectivity index (χ3n) is 6.83. The first-order chi connectivity index (χ1) is 14.9. The Morgan fingerprint density at radius 2 is 1.77 bits per heavy atom. The van der Waals surface area contributed by atoms with Crippen molar-refractivity contribution >= 4 is 28.3 Å².